The van der Waals surface area contributed by atoms with Crippen molar-refractivity contribution in [2.45, 2.75) is 12.5 Å². The lowest BCUT2D eigenvalue weighted by atomic mass is 10.2. The number of hydrogen-bond donors (Lipinski definition) is 4. The Balaban J connectivity index is 2.26. The van der Waals surface area contributed by atoms with Gasteiger partial charge in [0.05, 0.1) is 11.0 Å². The molecule has 1 aromatic carbocycles. The zero-order valence-corrected chi connectivity index (χ0v) is 9.47. The number of hydrazine groups is 1. The highest BCUT2D eigenvalue weighted by Crippen LogP contribution is 2.32. The largest absolute Gasteiger partial charge is 0.374 e. The van der Waals surface area contributed by atoms with Gasteiger partial charge in [0.2, 0.25) is 5.91 Å². The summed E-state index contributed by atoms with van der Waals surface area (Å²) in [6.45, 7) is 0.455. The highest BCUT2D eigenvalue weighted by atomic mass is 16.6. The summed E-state index contributed by atoms with van der Waals surface area (Å²) >= 11 is 0. The third kappa shape index (κ3) is 2.33. The first kappa shape index (κ1) is 12.1. The maximum Gasteiger partial charge on any atom is 0.316 e. The molecule has 0 spiro atoms. The van der Waals surface area contributed by atoms with Crippen molar-refractivity contribution in [2.75, 3.05) is 17.3 Å². The number of nitrogens with one attached hydrogen (secondary N) is 3. The topological polar surface area (TPSA) is 122 Å². The van der Waals surface area contributed by atoms with Crippen LogP contribution in [0.15, 0.2) is 18.2 Å². The molecule has 1 amide bonds. The van der Waals surface area contributed by atoms with E-state index in [1.807, 2.05) is 0 Å². The van der Waals surface area contributed by atoms with E-state index in [-0.39, 0.29) is 23.3 Å². The molecule has 0 aliphatic carbocycles. The molecule has 1 saturated heterocycles. The van der Waals surface area contributed by atoms with E-state index in [1.54, 1.807) is 12.1 Å². The van der Waals surface area contributed by atoms with Gasteiger partial charge in [0.25, 0.3) is 0 Å². The fourth-order valence-corrected chi connectivity index (χ4v) is 1.90. The summed E-state index contributed by atoms with van der Waals surface area (Å²) in [4.78, 5) is 21.6. The standard InChI is InChI=1S/C10H13N5O3/c11-14-8-3-1-2-7(10(8)15(17)18)13-6-4-9(16)12-5-6/h1-3,6,13-14H,4-5,11H2,(H,12,16). The number of nitro groups is 1. The van der Waals surface area contributed by atoms with E-state index in [1.165, 1.54) is 6.07 Å². The Morgan fingerprint density at radius 1 is 1.44 bits per heavy atom. The smallest absolute Gasteiger partial charge is 0.316 e. The number of carbonyl (C=O) groups excluding carboxylic acids is 1. The van der Waals surface area contributed by atoms with Crippen LogP contribution in [-0.4, -0.2) is 23.4 Å². The average molecular weight is 251 g/mol. The van der Waals surface area contributed by atoms with Gasteiger partial charge in [-0.15, -0.1) is 0 Å². The van der Waals surface area contributed by atoms with Crippen LogP contribution in [0.3, 0.4) is 0 Å². The van der Waals surface area contributed by atoms with Crippen LogP contribution in [0.1, 0.15) is 6.42 Å². The first-order chi connectivity index (χ1) is 8.61. The van der Waals surface area contributed by atoms with Crippen LogP contribution in [0.2, 0.25) is 0 Å². The minimum atomic E-state index is -0.512. The van der Waals surface area contributed by atoms with Crippen molar-refractivity contribution in [3.8, 4) is 0 Å². The van der Waals surface area contributed by atoms with Crippen molar-refractivity contribution in [1.82, 2.24) is 5.32 Å². The van der Waals surface area contributed by atoms with Gasteiger partial charge in [-0.3, -0.25) is 20.8 Å². The molecule has 0 radical (unpaired) electrons. The Morgan fingerprint density at radius 3 is 2.72 bits per heavy atom. The number of carbonyl (C=O) groups is 1. The van der Waals surface area contributed by atoms with Crippen LogP contribution in [0.25, 0.3) is 0 Å². The van der Waals surface area contributed by atoms with Crippen LogP contribution < -0.4 is 21.9 Å². The number of anilines is 2. The molecular weight excluding hydrogens is 238 g/mol. The van der Waals surface area contributed by atoms with Gasteiger partial charge in [0.15, 0.2) is 0 Å². The maximum absolute atomic E-state index is 11.1. The number of benzene rings is 1. The van der Waals surface area contributed by atoms with E-state index in [9.17, 15) is 14.9 Å². The SMILES string of the molecule is NNc1cccc(NC2CNC(=O)C2)c1[N+](=O)[O-]. The summed E-state index contributed by atoms with van der Waals surface area (Å²) in [7, 11) is 0. The molecule has 8 heteroatoms. The number of nitrogens with zero attached hydrogens (tertiary/aromatic N) is 1. The molecule has 2 rings (SSSR count). The minimum Gasteiger partial charge on any atom is -0.374 e. The van der Waals surface area contributed by atoms with Crippen LogP contribution in [-0.2, 0) is 4.79 Å². The summed E-state index contributed by atoms with van der Waals surface area (Å²) in [6.07, 6.45) is 0.303. The van der Waals surface area contributed by atoms with Crippen LogP contribution in [0.4, 0.5) is 17.1 Å². The minimum absolute atomic E-state index is 0.0664. The second-order valence-electron chi connectivity index (χ2n) is 3.95. The van der Waals surface area contributed by atoms with Crippen molar-refractivity contribution in [3.05, 3.63) is 28.3 Å². The molecule has 1 aliphatic rings. The third-order valence-corrected chi connectivity index (χ3v) is 2.71. The van der Waals surface area contributed by atoms with E-state index < -0.39 is 4.92 Å². The molecule has 1 unspecified atom stereocenters. The first-order valence-electron chi connectivity index (χ1n) is 5.39. The number of nitrogen functional groups attached to an aromatic ring is 1. The number of nitrogens with two attached hydrogens (primary N) is 1. The molecule has 5 N–H and O–H groups in total. The van der Waals surface area contributed by atoms with Gasteiger partial charge in [0.1, 0.15) is 11.4 Å². The molecule has 1 aliphatic heterocycles. The Kier molecular flexibility index (Phi) is 3.28. The maximum atomic E-state index is 11.1. The van der Waals surface area contributed by atoms with Crippen LogP contribution >= 0.6 is 0 Å². The molecular formula is C10H13N5O3. The molecule has 96 valence electrons. The molecule has 0 aromatic heterocycles. The van der Waals surface area contributed by atoms with Crippen molar-refractivity contribution in [1.29, 1.82) is 0 Å². The van der Waals surface area contributed by atoms with Gasteiger partial charge in [-0.05, 0) is 12.1 Å². The van der Waals surface area contributed by atoms with E-state index in [0.29, 0.717) is 18.7 Å². The Bertz CT molecular complexity index is 490. The average Bonchev–Trinajstić information content (AvgIpc) is 2.74. The quantitative estimate of drug-likeness (QED) is 0.344. The highest BCUT2D eigenvalue weighted by Gasteiger charge is 2.25. The Hall–Kier alpha value is -2.35. The van der Waals surface area contributed by atoms with Gasteiger partial charge in [-0.25, -0.2) is 0 Å². The highest BCUT2D eigenvalue weighted by molar-refractivity contribution is 5.81. The molecule has 1 aromatic rings. The fourth-order valence-electron chi connectivity index (χ4n) is 1.90. The summed E-state index contributed by atoms with van der Waals surface area (Å²) in [5, 5.41) is 16.7. The molecule has 1 fully saturated rings. The Labute approximate surface area is 103 Å². The van der Waals surface area contributed by atoms with Gasteiger partial charge in [-0.2, -0.15) is 0 Å². The molecule has 1 atom stereocenters. The number of hydrogen-bond acceptors (Lipinski definition) is 6. The molecule has 0 bridgehead atoms. The third-order valence-electron chi connectivity index (χ3n) is 2.71. The predicted octanol–water partition coefficient (Wildman–Crippen LogP) is 0.181. The van der Waals surface area contributed by atoms with E-state index in [2.05, 4.69) is 16.1 Å². The molecule has 8 nitrogen and oxygen atoms in total. The fraction of sp³-hybridized carbons (Fsp3) is 0.300. The zero-order valence-electron chi connectivity index (χ0n) is 9.47. The number of nitro benzene ring substituents is 1. The van der Waals surface area contributed by atoms with Gasteiger partial charge < -0.3 is 16.1 Å². The van der Waals surface area contributed by atoms with Crippen LogP contribution in [0, 0.1) is 10.1 Å². The number of para-hydroxylation sites is 1. The predicted molar refractivity (Wildman–Crippen MR) is 65.9 cm³/mol. The summed E-state index contributed by atoms with van der Waals surface area (Å²) in [5.41, 5.74) is 2.73. The van der Waals surface area contributed by atoms with Gasteiger partial charge >= 0.3 is 5.69 Å². The second kappa shape index (κ2) is 4.88. The molecule has 1 heterocycles. The number of amides is 1. The van der Waals surface area contributed by atoms with E-state index >= 15 is 0 Å². The van der Waals surface area contributed by atoms with Crippen molar-refractivity contribution >= 4 is 23.0 Å². The van der Waals surface area contributed by atoms with Gasteiger partial charge in [-0.1, -0.05) is 6.07 Å². The van der Waals surface area contributed by atoms with Crippen molar-refractivity contribution < 1.29 is 9.72 Å². The van der Waals surface area contributed by atoms with E-state index in [0.717, 1.165) is 0 Å². The lowest BCUT2D eigenvalue weighted by Crippen LogP contribution is -2.23. The van der Waals surface area contributed by atoms with E-state index in [4.69, 9.17) is 5.84 Å². The van der Waals surface area contributed by atoms with Crippen molar-refractivity contribution in [3.63, 3.8) is 0 Å². The monoisotopic (exact) mass is 251 g/mol. The lowest BCUT2D eigenvalue weighted by molar-refractivity contribution is -0.383. The summed E-state index contributed by atoms with van der Waals surface area (Å²) < 4.78 is 0. The molecule has 18 heavy (non-hydrogen) atoms. The molecule has 0 saturated carbocycles. The first-order valence-corrected chi connectivity index (χ1v) is 5.39. The zero-order chi connectivity index (χ0) is 13.1. The summed E-state index contributed by atoms with van der Waals surface area (Å²) in [5.74, 6) is 5.17. The second-order valence-corrected chi connectivity index (χ2v) is 3.95. The summed E-state index contributed by atoms with van der Waals surface area (Å²) in [6, 6.07) is 4.60. The lowest BCUT2D eigenvalue weighted by Gasteiger charge is -2.13. The number of rotatable bonds is 4. The van der Waals surface area contributed by atoms with Gasteiger partial charge in [0, 0.05) is 13.0 Å². The van der Waals surface area contributed by atoms with Crippen LogP contribution in [0.5, 0.6) is 0 Å². The van der Waals surface area contributed by atoms with Crippen molar-refractivity contribution in [2.24, 2.45) is 5.84 Å². The normalized spacial score (nSPS) is 18.3. The Morgan fingerprint density at radius 2 is 2.17 bits per heavy atom.